The summed E-state index contributed by atoms with van der Waals surface area (Å²) in [5, 5.41) is 3.42. The Morgan fingerprint density at radius 2 is 2.19 bits per heavy atom. The van der Waals surface area contributed by atoms with E-state index in [1.54, 1.807) is 12.1 Å². The largest absolute Gasteiger partial charge is 0.329 e. The van der Waals surface area contributed by atoms with Crippen molar-refractivity contribution < 1.29 is 4.79 Å². The number of nitrogens with two attached hydrogens (primary N) is 1. The number of benzene rings is 1. The number of anilines is 1. The fourth-order valence-electron chi connectivity index (χ4n) is 2.69. The van der Waals surface area contributed by atoms with Gasteiger partial charge in [-0.2, -0.15) is 0 Å². The Labute approximate surface area is 137 Å². The van der Waals surface area contributed by atoms with Crippen molar-refractivity contribution in [3.05, 3.63) is 29.3 Å². The van der Waals surface area contributed by atoms with Crippen LogP contribution in [0.25, 0.3) is 0 Å². The molecular formula is C15H23Cl2N3O. The first-order valence-electron chi connectivity index (χ1n) is 7.08. The summed E-state index contributed by atoms with van der Waals surface area (Å²) in [5.74, 6) is 0.650. The summed E-state index contributed by atoms with van der Waals surface area (Å²) < 4.78 is 0. The molecule has 3 N–H and O–H groups in total. The molecule has 1 saturated heterocycles. The highest BCUT2D eigenvalue weighted by atomic mass is 35.5. The lowest BCUT2D eigenvalue weighted by Crippen LogP contribution is -2.49. The van der Waals surface area contributed by atoms with E-state index in [4.69, 9.17) is 17.3 Å². The summed E-state index contributed by atoms with van der Waals surface area (Å²) in [7, 11) is 0. The zero-order valence-corrected chi connectivity index (χ0v) is 13.8. The van der Waals surface area contributed by atoms with Crippen LogP contribution in [-0.2, 0) is 4.79 Å². The molecule has 1 aliphatic rings. The zero-order chi connectivity index (χ0) is 14.5. The molecule has 2 rings (SSSR count). The molecule has 0 saturated carbocycles. The van der Waals surface area contributed by atoms with Gasteiger partial charge in [-0.3, -0.25) is 9.69 Å². The number of halogens is 2. The van der Waals surface area contributed by atoms with E-state index < -0.39 is 0 Å². The summed E-state index contributed by atoms with van der Waals surface area (Å²) in [6.07, 6.45) is 2.19. The third kappa shape index (κ3) is 5.15. The number of rotatable bonds is 4. The van der Waals surface area contributed by atoms with Crippen LogP contribution in [0.5, 0.6) is 0 Å². The van der Waals surface area contributed by atoms with E-state index in [9.17, 15) is 4.79 Å². The molecule has 1 heterocycles. The molecule has 0 aliphatic carbocycles. The second kappa shape index (κ2) is 8.59. The number of likely N-dealkylation sites (tertiary alicyclic amines) is 1. The van der Waals surface area contributed by atoms with Crippen molar-refractivity contribution in [3.8, 4) is 0 Å². The first-order chi connectivity index (χ1) is 9.60. The molecule has 6 heteroatoms. The smallest absolute Gasteiger partial charge is 0.238 e. The number of hydrogen-bond acceptors (Lipinski definition) is 3. The minimum absolute atomic E-state index is 0. The first kappa shape index (κ1) is 18.2. The zero-order valence-electron chi connectivity index (χ0n) is 12.2. The Kier molecular flexibility index (Phi) is 7.46. The van der Waals surface area contributed by atoms with Crippen molar-refractivity contribution in [1.82, 2.24) is 4.90 Å². The maximum atomic E-state index is 12.1. The van der Waals surface area contributed by atoms with Crippen molar-refractivity contribution in [2.24, 2.45) is 11.7 Å². The summed E-state index contributed by atoms with van der Waals surface area (Å²) in [6.45, 7) is 4.15. The maximum Gasteiger partial charge on any atom is 0.238 e. The fourth-order valence-corrected chi connectivity index (χ4v) is 2.87. The molecule has 21 heavy (non-hydrogen) atoms. The average Bonchev–Trinajstić information content (AvgIpc) is 2.43. The van der Waals surface area contributed by atoms with E-state index in [0.29, 0.717) is 35.8 Å². The van der Waals surface area contributed by atoms with E-state index in [2.05, 4.69) is 17.1 Å². The number of amides is 1. The van der Waals surface area contributed by atoms with Crippen LogP contribution < -0.4 is 11.1 Å². The van der Waals surface area contributed by atoms with Crippen LogP contribution in [-0.4, -0.2) is 36.5 Å². The molecule has 1 aromatic carbocycles. The van der Waals surface area contributed by atoms with Crippen LogP contribution in [0.1, 0.15) is 19.8 Å². The molecular weight excluding hydrogens is 309 g/mol. The summed E-state index contributed by atoms with van der Waals surface area (Å²) in [5.41, 5.74) is 6.47. The molecule has 1 amide bonds. The van der Waals surface area contributed by atoms with Crippen LogP contribution in [0.3, 0.4) is 0 Å². The topological polar surface area (TPSA) is 58.4 Å². The highest BCUT2D eigenvalue weighted by molar-refractivity contribution is 6.33. The van der Waals surface area contributed by atoms with Gasteiger partial charge in [-0.1, -0.05) is 30.7 Å². The van der Waals surface area contributed by atoms with Gasteiger partial charge in [0.1, 0.15) is 0 Å². The van der Waals surface area contributed by atoms with E-state index in [1.807, 2.05) is 12.1 Å². The van der Waals surface area contributed by atoms with Gasteiger partial charge in [0.05, 0.1) is 17.3 Å². The van der Waals surface area contributed by atoms with Gasteiger partial charge in [-0.05, 0) is 37.4 Å². The minimum atomic E-state index is -0.0360. The second-order valence-electron chi connectivity index (χ2n) is 5.52. The van der Waals surface area contributed by atoms with Crippen LogP contribution in [0.2, 0.25) is 5.02 Å². The number of nitrogens with one attached hydrogen (secondary N) is 1. The van der Waals surface area contributed by atoms with Gasteiger partial charge in [0.25, 0.3) is 0 Å². The van der Waals surface area contributed by atoms with Gasteiger partial charge in [-0.15, -0.1) is 12.4 Å². The standard InChI is InChI=1S/C15H22ClN3O.ClH/c1-11-6-7-19(12(8-11)9-17)10-15(20)18-14-5-3-2-4-13(14)16;/h2-5,11-12H,6-10,17H2,1H3,(H,18,20);1H. The van der Waals surface area contributed by atoms with E-state index in [1.165, 1.54) is 0 Å². The lowest BCUT2D eigenvalue weighted by atomic mass is 9.92. The molecule has 1 fully saturated rings. The van der Waals surface area contributed by atoms with Gasteiger partial charge < -0.3 is 11.1 Å². The van der Waals surface area contributed by atoms with Gasteiger partial charge in [0, 0.05) is 12.6 Å². The molecule has 1 aromatic rings. The predicted octanol–water partition coefficient (Wildman–Crippen LogP) is 2.76. The van der Waals surface area contributed by atoms with E-state index in [0.717, 1.165) is 19.4 Å². The third-order valence-corrected chi connectivity index (χ3v) is 4.20. The van der Waals surface area contributed by atoms with Crippen molar-refractivity contribution >= 4 is 35.6 Å². The Balaban J connectivity index is 0.00000220. The molecule has 0 bridgehead atoms. The van der Waals surface area contributed by atoms with E-state index >= 15 is 0 Å². The summed E-state index contributed by atoms with van der Waals surface area (Å²) in [4.78, 5) is 14.3. The quantitative estimate of drug-likeness (QED) is 0.891. The molecule has 2 unspecified atom stereocenters. The Hall–Kier alpha value is -0.810. The second-order valence-corrected chi connectivity index (χ2v) is 5.92. The van der Waals surface area contributed by atoms with Crippen molar-refractivity contribution in [1.29, 1.82) is 0 Å². The number of carbonyl (C=O) groups excluding carboxylic acids is 1. The van der Waals surface area contributed by atoms with Gasteiger partial charge >= 0.3 is 0 Å². The van der Waals surface area contributed by atoms with E-state index in [-0.39, 0.29) is 18.3 Å². The maximum absolute atomic E-state index is 12.1. The highest BCUT2D eigenvalue weighted by Crippen LogP contribution is 2.23. The number of para-hydroxylation sites is 1. The number of carbonyl (C=O) groups is 1. The number of hydrogen-bond donors (Lipinski definition) is 2. The molecule has 0 spiro atoms. The van der Waals surface area contributed by atoms with Gasteiger partial charge in [0.2, 0.25) is 5.91 Å². The minimum Gasteiger partial charge on any atom is -0.329 e. The molecule has 1 aliphatic heterocycles. The summed E-state index contributed by atoms with van der Waals surface area (Å²) in [6, 6.07) is 7.57. The normalized spacial score (nSPS) is 22.4. The third-order valence-electron chi connectivity index (χ3n) is 3.87. The first-order valence-corrected chi connectivity index (χ1v) is 7.46. The Bertz CT molecular complexity index is 470. The molecule has 4 nitrogen and oxygen atoms in total. The molecule has 0 aromatic heterocycles. The monoisotopic (exact) mass is 331 g/mol. The molecule has 0 radical (unpaired) electrons. The predicted molar refractivity (Wildman–Crippen MR) is 90.1 cm³/mol. The van der Waals surface area contributed by atoms with Crippen LogP contribution >= 0.6 is 24.0 Å². The Morgan fingerprint density at radius 3 is 2.86 bits per heavy atom. The SMILES string of the molecule is CC1CCN(CC(=O)Nc2ccccc2Cl)C(CN)C1.Cl. The van der Waals surface area contributed by atoms with Crippen LogP contribution in [0.15, 0.2) is 24.3 Å². The fraction of sp³-hybridized carbons (Fsp3) is 0.533. The van der Waals surface area contributed by atoms with Crippen molar-refractivity contribution in [2.45, 2.75) is 25.8 Å². The van der Waals surface area contributed by atoms with Crippen LogP contribution in [0.4, 0.5) is 5.69 Å². The number of piperidine rings is 1. The Morgan fingerprint density at radius 1 is 1.48 bits per heavy atom. The highest BCUT2D eigenvalue weighted by Gasteiger charge is 2.26. The number of nitrogens with zero attached hydrogens (tertiary/aromatic N) is 1. The molecule has 2 atom stereocenters. The lowest BCUT2D eigenvalue weighted by molar-refractivity contribution is -0.118. The molecule has 118 valence electrons. The van der Waals surface area contributed by atoms with Crippen molar-refractivity contribution in [2.75, 3.05) is 25.0 Å². The van der Waals surface area contributed by atoms with Gasteiger partial charge in [0.15, 0.2) is 0 Å². The van der Waals surface area contributed by atoms with Crippen molar-refractivity contribution in [3.63, 3.8) is 0 Å². The van der Waals surface area contributed by atoms with Crippen LogP contribution in [0, 0.1) is 5.92 Å². The average molecular weight is 332 g/mol. The summed E-state index contributed by atoms with van der Waals surface area (Å²) >= 11 is 6.04. The van der Waals surface area contributed by atoms with Gasteiger partial charge in [-0.25, -0.2) is 0 Å². The lowest BCUT2D eigenvalue weighted by Gasteiger charge is -2.37.